The Labute approximate surface area is 97.6 Å². The van der Waals surface area contributed by atoms with Gasteiger partial charge in [-0.05, 0) is 13.0 Å². The third-order valence-electron chi connectivity index (χ3n) is 2.53. The van der Waals surface area contributed by atoms with Crippen LogP contribution < -0.4 is 4.90 Å². The molecule has 2 rings (SSSR count). The van der Waals surface area contributed by atoms with Gasteiger partial charge < -0.3 is 4.90 Å². The second kappa shape index (κ2) is 3.52. The van der Waals surface area contributed by atoms with Crippen molar-refractivity contribution >= 4 is 27.2 Å². The molecule has 0 radical (unpaired) electrons. The van der Waals surface area contributed by atoms with E-state index in [1.54, 1.807) is 18.9 Å². The summed E-state index contributed by atoms with van der Waals surface area (Å²) in [5.74, 6) is 0.325. The fraction of sp³-hybridized carbons (Fsp3) is 0.222. The molecule has 1 aromatic rings. The number of nitro benzene ring substituents is 1. The minimum atomic E-state index is -3.84. The van der Waals surface area contributed by atoms with E-state index in [0.717, 1.165) is 6.07 Å². The van der Waals surface area contributed by atoms with Crippen LogP contribution in [0.5, 0.6) is 0 Å². The first-order chi connectivity index (χ1) is 7.83. The quantitative estimate of drug-likeness (QED) is 0.554. The van der Waals surface area contributed by atoms with E-state index in [0.29, 0.717) is 11.5 Å². The molecule has 0 unspecified atom stereocenters. The van der Waals surface area contributed by atoms with Crippen molar-refractivity contribution in [3.8, 4) is 0 Å². The van der Waals surface area contributed by atoms with E-state index in [1.165, 1.54) is 12.1 Å². The van der Waals surface area contributed by atoms with Crippen LogP contribution in [0.4, 0.5) is 11.4 Å². The molecule has 0 bridgehead atoms. The molecule has 1 aliphatic heterocycles. The van der Waals surface area contributed by atoms with Gasteiger partial charge in [0.25, 0.3) is 15.7 Å². The predicted molar refractivity (Wildman–Crippen MR) is 61.8 cm³/mol. The molecule has 0 aliphatic carbocycles. The molecule has 0 atom stereocenters. The zero-order valence-electron chi connectivity index (χ0n) is 9.11. The second-order valence-electron chi connectivity index (χ2n) is 3.58. The number of rotatable bonds is 1. The summed E-state index contributed by atoms with van der Waals surface area (Å²) >= 11 is 0. The maximum atomic E-state index is 11.8. The molecule has 0 saturated carbocycles. The Hall–Kier alpha value is -1.96. The van der Waals surface area contributed by atoms with E-state index < -0.39 is 14.9 Å². The Morgan fingerprint density at radius 1 is 1.41 bits per heavy atom. The second-order valence-corrected chi connectivity index (χ2v) is 5.15. The normalized spacial score (nSPS) is 17.3. The van der Waals surface area contributed by atoms with Gasteiger partial charge >= 0.3 is 0 Å². The Balaban J connectivity index is 2.73. The number of hydrogen-bond acceptors (Lipinski definition) is 5. The van der Waals surface area contributed by atoms with Crippen LogP contribution in [-0.4, -0.2) is 26.2 Å². The minimum Gasteiger partial charge on any atom is -0.331 e. The van der Waals surface area contributed by atoms with Crippen molar-refractivity contribution in [3.63, 3.8) is 0 Å². The zero-order chi connectivity index (χ0) is 12.8. The first-order valence-corrected chi connectivity index (χ1v) is 6.10. The number of benzene rings is 1. The summed E-state index contributed by atoms with van der Waals surface area (Å²) in [6, 6.07) is 3.70. The average Bonchev–Trinajstić information content (AvgIpc) is 2.25. The molecule has 1 aliphatic rings. The molecule has 0 fully saturated rings. The number of nitrogens with zero attached hydrogens (tertiary/aromatic N) is 3. The van der Waals surface area contributed by atoms with Gasteiger partial charge in [0.15, 0.2) is 0 Å². The topological polar surface area (TPSA) is 92.9 Å². The maximum absolute atomic E-state index is 11.8. The van der Waals surface area contributed by atoms with E-state index in [4.69, 9.17) is 0 Å². The average molecular weight is 255 g/mol. The number of amidine groups is 1. The van der Waals surface area contributed by atoms with Crippen molar-refractivity contribution in [2.24, 2.45) is 4.40 Å². The van der Waals surface area contributed by atoms with Crippen LogP contribution in [0, 0.1) is 10.1 Å². The van der Waals surface area contributed by atoms with Gasteiger partial charge in [-0.3, -0.25) is 10.1 Å². The highest BCUT2D eigenvalue weighted by atomic mass is 32.2. The lowest BCUT2D eigenvalue weighted by molar-refractivity contribution is -0.385. The molecular formula is C9H9N3O4S. The van der Waals surface area contributed by atoms with Gasteiger partial charge in [-0.15, -0.1) is 4.40 Å². The number of fused-ring (bicyclic) bond motifs is 1. The first-order valence-electron chi connectivity index (χ1n) is 4.66. The van der Waals surface area contributed by atoms with E-state index in [9.17, 15) is 18.5 Å². The summed E-state index contributed by atoms with van der Waals surface area (Å²) in [4.78, 5) is 11.4. The summed E-state index contributed by atoms with van der Waals surface area (Å²) in [5, 5.41) is 10.6. The van der Waals surface area contributed by atoms with Gasteiger partial charge in [0, 0.05) is 19.2 Å². The summed E-state index contributed by atoms with van der Waals surface area (Å²) in [5.41, 5.74) is 0.124. The van der Waals surface area contributed by atoms with Crippen molar-refractivity contribution in [2.75, 3.05) is 11.9 Å². The smallest absolute Gasteiger partial charge is 0.286 e. The Morgan fingerprint density at radius 2 is 2.06 bits per heavy atom. The van der Waals surface area contributed by atoms with Gasteiger partial charge in [0.1, 0.15) is 10.7 Å². The first kappa shape index (κ1) is 11.5. The van der Waals surface area contributed by atoms with Gasteiger partial charge in [-0.1, -0.05) is 0 Å². The van der Waals surface area contributed by atoms with E-state index in [-0.39, 0.29) is 10.6 Å². The van der Waals surface area contributed by atoms with E-state index in [2.05, 4.69) is 4.40 Å². The van der Waals surface area contributed by atoms with Gasteiger partial charge in [-0.2, -0.15) is 8.42 Å². The molecule has 0 aromatic heterocycles. The molecule has 0 N–H and O–H groups in total. The molecule has 17 heavy (non-hydrogen) atoms. The highest BCUT2D eigenvalue weighted by Gasteiger charge is 2.28. The van der Waals surface area contributed by atoms with Crippen molar-refractivity contribution in [1.29, 1.82) is 0 Å². The fourth-order valence-electron chi connectivity index (χ4n) is 1.56. The monoisotopic (exact) mass is 255 g/mol. The number of anilines is 1. The molecule has 0 spiro atoms. The number of hydrogen-bond donors (Lipinski definition) is 0. The molecule has 0 saturated heterocycles. The third-order valence-corrected chi connectivity index (χ3v) is 3.92. The Morgan fingerprint density at radius 3 is 2.65 bits per heavy atom. The summed E-state index contributed by atoms with van der Waals surface area (Å²) in [6.45, 7) is 1.56. The van der Waals surface area contributed by atoms with Crippen molar-refractivity contribution in [3.05, 3.63) is 28.3 Å². The largest absolute Gasteiger partial charge is 0.331 e. The zero-order valence-corrected chi connectivity index (χ0v) is 9.93. The van der Waals surface area contributed by atoms with Gasteiger partial charge in [0.2, 0.25) is 0 Å². The number of non-ortho nitro benzene ring substituents is 1. The summed E-state index contributed by atoms with van der Waals surface area (Å²) in [7, 11) is -2.19. The molecule has 1 heterocycles. The van der Waals surface area contributed by atoms with Crippen LogP contribution in [-0.2, 0) is 10.0 Å². The molecule has 8 heteroatoms. The predicted octanol–water partition coefficient (Wildman–Crippen LogP) is 1.15. The lowest BCUT2D eigenvalue weighted by Gasteiger charge is -2.24. The summed E-state index contributed by atoms with van der Waals surface area (Å²) < 4.78 is 27.1. The Bertz CT molecular complexity index is 636. The van der Waals surface area contributed by atoms with E-state index >= 15 is 0 Å². The van der Waals surface area contributed by atoms with Crippen LogP contribution >= 0.6 is 0 Å². The minimum absolute atomic E-state index is 0.139. The third kappa shape index (κ3) is 1.76. The fourth-order valence-corrected chi connectivity index (χ4v) is 2.87. The van der Waals surface area contributed by atoms with Crippen molar-refractivity contribution < 1.29 is 13.3 Å². The SMILES string of the molecule is CC1=NS(=O)(=O)c2cc([N+](=O)[O-])ccc2N1C. The van der Waals surface area contributed by atoms with E-state index in [1.807, 2.05) is 0 Å². The van der Waals surface area contributed by atoms with Crippen LogP contribution in [0.15, 0.2) is 27.5 Å². The number of nitro groups is 1. The molecular weight excluding hydrogens is 246 g/mol. The number of sulfonamides is 1. The van der Waals surface area contributed by atoms with Crippen LogP contribution in [0.2, 0.25) is 0 Å². The molecule has 0 amide bonds. The highest BCUT2D eigenvalue weighted by molar-refractivity contribution is 7.90. The van der Waals surface area contributed by atoms with Crippen LogP contribution in [0.1, 0.15) is 6.92 Å². The lowest BCUT2D eigenvalue weighted by Crippen LogP contribution is -2.29. The standard InChI is InChI=1S/C9H9N3O4S/c1-6-10-17(15,16)9-5-7(12(13)14)3-4-8(9)11(6)2/h3-5H,1-2H3. The maximum Gasteiger partial charge on any atom is 0.286 e. The highest BCUT2D eigenvalue weighted by Crippen LogP contribution is 2.33. The Kier molecular flexibility index (Phi) is 2.39. The molecule has 1 aromatic carbocycles. The summed E-state index contributed by atoms with van der Waals surface area (Å²) in [6.07, 6.45) is 0. The van der Waals surface area contributed by atoms with Crippen LogP contribution in [0.25, 0.3) is 0 Å². The van der Waals surface area contributed by atoms with Crippen LogP contribution in [0.3, 0.4) is 0 Å². The lowest BCUT2D eigenvalue weighted by atomic mass is 10.2. The molecule has 7 nitrogen and oxygen atoms in total. The van der Waals surface area contributed by atoms with Gasteiger partial charge in [-0.25, -0.2) is 0 Å². The van der Waals surface area contributed by atoms with Crippen molar-refractivity contribution in [2.45, 2.75) is 11.8 Å². The molecule has 90 valence electrons. The van der Waals surface area contributed by atoms with Gasteiger partial charge in [0.05, 0.1) is 10.6 Å². The van der Waals surface area contributed by atoms with Crippen molar-refractivity contribution in [1.82, 2.24) is 0 Å².